The van der Waals surface area contributed by atoms with Gasteiger partial charge in [0, 0.05) is 19.3 Å². The van der Waals surface area contributed by atoms with Crippen molar-refractivity contribution in [2.75, 3.05) is 32.1 Å². The lowest BCUT2D eigenvalue weighted by atomic mass is 10.2. The Morgan fingerprint density at radius 1 is 1.68 bits per heavy atom. The molecule has 1 N–H and O–H groups in total. The first-order valence-corrected chi connectivity index (χ1v) is 6.41. The molecule has 2 heterocycles. The minimum atomic E-state index is -0.145. The summed E-state index contributed by atoms with van der Waals surface area (Å²) in [6.07, 6.45) is 2.64. The smallest absolute Gasteiger partial charge is 0.322 e. The molecule has 1 aromatic rings. The number of hydrogen-bond acceptors (Lipinski definition) is 4. The van der Waals surface area contributed by atoms with Crippen LogP contribution in [0, 0.1) is 0 Å². The van der Waals surface area contributed by atoms with Gasteiger partial charge >= 0.3 is 6.03 Å². The van der Waals surface area contributed by atoms with Crippen LogP contribution in [0.4, 0.5) is 10.5 Å². The first-order valence-electron chi connectivity index (χ1n) is 6.41. The molecule has 0 aromatic carbocycles. The van der Waals surface area contributed by atoms with E-state index in [0.29, 0.717) is 31.3 Å². The zero-order chi connectivity index (χ0) is 13.7. The number of anilines is 1. The van der Waals surface area contributed by atoms with E-state index in [1.54, 1.807) is 23.2 Å². The molecule has 1 aromatic heterocycles. The summed E-state index contributed by atoms with van der Waals surface area (Å²) < 4.78 is 10.7. The number of nitrogens with one attached hydrogen (secondary N) is 1. The fourth-order valence-electron chi connectivity index (χ4n) is 1.99. The van der Waals surface area contributed by atoms with Gasteiger partial charge in [0.2, 0.25) is 5.88 Å². The van der Waals surface area contributed by atoms with E-state index in [2.05, 4.69) is 17.2 Å². The van der Waals surface area contributed by atoms with E-state index in [0.717, 1.165) is 6.42 Å². The molecule has 0 radical (unpaired) electrons. The Balaban J connectivity index is 2.00. The topological polar surface area (TPSA) is 63.7 Å². The highest BCUT2D eigenvalue weighted by Crippen LogP contribution is 2.20. The van der Waals surface area contributed by atoms with Gasteiger partial charge in [0.25, 0.3) is 0 Å². The molecule has 0 aliphatic carbocycles. The van der Waals surface area contributed by atoms with Gasteiger partial charge in [0.1, 0.15) is 5.69 Å². The van der Waals surface area contributed by atoms with Gasteiger partial charge in [-0.25, -0.2) is 9.78 Å². The van der Waals surface area contributed by atoms with E-state index in [9.17, 15) is 4.79 Å². The molecule has 104 valence electrons. The first-order chi connectivity index (χ1) is 9.24. The summed E-state index contributed by atoms with van der Waals surface area (Å²) in [7, 11) is 1.53. The Morgan fingerprint density at radius 3 is 3.26 bits per heavy atom. The maximum absolute atomic E-state index is 12.2. The van der Waals surface area contributed by atoms with Crippen molar-refractivity contribution in [3.05, 3.63) is 18.3 Å². The van der Waals surface area contributed by atoms with Gasteiger partial charge < -0.3 is 19.7 Å². The molecule has 6 nitrogen and oxygen atoms in total. The summed E-state index contributed by atoms with van der Waals surface area (Å²) in [5.41, 5.74) is 0.578. The monoisotopic (exact) mass is 265 g/mol. The highest BCUT2D eigenvalue weighted by atomic mass is 16.5. The number of nitrogens with zero attached hydrogens (tertiary/aromatic N) is 2. The largest absolute Gasteiger partial charge is 0.480 e. The maximum atomic E-state index is 12.2. The van der Waals surface area contributed by atoms with Crippen LogP contribution in [-0.2, 0) is 4.74 Å². The summed E-state index contributed by atoms with van der Waals surface area (Å²) in [6.45, 7) is 3.85. The van der Waals surface area contributed by atoms with E-state index in [1.165, 1.54) is 7.11 Å². The normalized spacial score (nSPS) is 19.1. The number of carbonyl (C=O) groups excluding carboxylic acids is 1. The van der Waals surface area contributed by atoms with Gasteiger partial charge in [0.05, 0.1) is 19.8 Å². The lowest BCUT2D eigenvalue weighted by Crippen LogP contribution is -2.47. The second-order valence-corrected chi connectivity index (χ2v) is 4.34. The zero-order valence-corrected chi connectivity index (χ0v) is 11.3. The number of urea groups is 1. The third-order valence-corrected chi connectivity index (χ3v) is 3.09. The lowest BCUT2D eigenvalue weighted by Gasteiger charge is -2.32. The number of amides is 2. The molecule has 2 amide bonds. The molecule has 0 spiro atoms. The quantitative estimate of drug-likeness (QED) is 0.904. The summed E-state index contributed by atoms with van der Waals surface area (Å²) >= 11 is 0. The molecular formula is C13H19N3O3. The number of aromatic nitrogens is 1. The van der Waals surface area contributed by atoms with Crippen molar-refractivity contribution < 1.29 is 14.3 Å². The number of methoxy groups -OCH3 is 1. The number of rotatable bonds is 3. The Bertz CT molecular complexity index is 439. The Kier molecular flexibility index (Phi) is 4.57. The molecule has 1 saturated heterocycles. The van der Waals surface area contributed by atoms with E-state index in [4.69, 9.17) is 9.47 Å². The Hall–Kier alpha value is -1.82. The van der Waals surface area contributed by atoms with Crippen molar-refractivity contribution >= 4 is 11.7 Å². The van der Waals surface area contributed by atoms with Crippen molar-refractivity contribution in [1.29, 1.82) is 0 Å². The van der Waals surface area contributed by atoms with E-state index < -0.39 is 0 Å². The maximum Gasteiger partial charge on any atom is 0.322 e. The van der Waals surface area contributed by atoms with Crippen LogP contribution in [0.3, 0.4) is 0 Å². The molecule has 6 heteroatoms. The van der Waals surface area contributed by atoms with Crippen LogP contribution in [0.15, 0.2) is 18.3 Å². The van der Waals surface area contributed by atoms with Crippen LogP contribution >= 0.6 is 0 Å². The van der Waals surface area contributed by atoms with Gasteiger partial charge in [-0.05, 0) is 18.6 Å². The Morgan fingerprint density at radius 2 is 2.53 bits per heavy atom. The second kappa shape index (κ2) is 6.38. The zero-order valence-electron chi connectivity index (χ0n) is 11.3. The van der Waals surface area contributed by atoms with E-state index in [-0.39, 0.29) is 12.1 Å². The predicted octanol–water partition coefficient (Wildman–Crippen LogP) is 1.73. The molecule has 1 aliphatic rings. The van der Waals surface area contributed by atoms with Crippen LogP contribution in [-0.4, -0.2) is 48.8 Å². The SMILES string of the molecule is CC[C@H]1CN(C(=O)Nc2cccnc2OC)CCO1. The fraction of sp³-hybridized carbons (Fsp3) is 0.538. The predicted molar refractivity (Wildman–Crippen MR) is 71.4 cm³/mol. The summed E-state index contributed by atoms with van der Waals surface area (Å²) in [5, 5.41) is 2.82. The van der Waals surface area contributed by atoms with Crippen molar-refractivity contribution in [3.63, 3.8) is 0 Å². The van der Waals surface area contributed by atoms with Gasteiger partial charge in [-0.2, -0.15) is 0 Å². The number of pyridine rings is 1. The molecule has 2 rings (SSSR count). The summed E-state index contributed by atoms with van der Waals surface area (Å²) in [5.74, 6) is 0.413. The van der Waals surface area contributed by atoms with Gasteiger partial charge in [0.15, 0.2) is 0 Å². The van der Waals surface area contributed by atoms with Crippen molar-refractivity contribution in [1.82, 2.24) is 9.88 Å². The summed E-state index contributed by atoms with van der Waals surface area (Å²) in [6, 6.07) is 3.38. The van der Waals surface area contributed by atoms with E-state index >= 15 is 0 Å². The average Bonchev–Trinajstić information content (AvgIpc) is 2.47. The van der Waals surface area contributed by atoms with Crippen LogP contribution in [0.1, 0.15) is 13.3 Å². The number of carbonyl (C=O) groups is 1. The molecule has 1 fully saturated rings. The highest BCUT2D eigenvalue weighted by molar-refractivity contribution is 5.90. The van der Waals surface area contributed by atoms with Crippen LogP contribution in [0.2, 0.25) is 0 Å². The van der Waals surface area contributed by atoms with Gasteiger partial charge in [-0.1, -0.05) is 6.92 Å². The van der Waals surface area contributed by atoms with Crippen molar-refractivity contribution in [3.8, 4) is 5.88 Å². The highest BCUT2D eigenvalue weighted by Gasteiger charge is 2.23. The second-order valence-electron chi connectivity index (χ2n) is 4.34. The molecule has 1 aliphatic heterocycles. The number of morpholine rings is 1. The fourth-order valence-corrected chi connectivity index (χ4v) is 1.99. The third kappa shape index (κ3) is 3.35. The molecule has 19 heavy (non-hydrogen) atoms. The van der Waals surface area contributed by atoms with Crippen LogP contribution < -0.4 is 10.1 Å². The average molecular weight is 265 g/mol. The van der Waals surface area contributed by atoms with E-state index in [1.807, 2.05) is 0 Å². The Labute approximate surface area is 112 Å². The number of hydrogen-bond donors (Lipinski definition) is 1. The molecule has 0 saturated carbocycles. The minimum Gasteiger partial charge on any atom is -0.480 e. The minimum absolute atomic E-state index is 0.121. The molecule has 0 bridgehead atoms. The molecule has 0 unspecified atom stereocenters. The van der Waals surface area contributed by atoms with Gasteiger partial charge in [-0.15, -0.1) is 0 Å². The van der Waals surface area contributed by atoms with Gasteiger partial charge in [-0.3, -0.25) is 0 Å². The molecule has 1 atom stereocenters. The standard InChI is InChI=1S/C13H19N3O3/c1-3-10-9-16(7-8-19-10)13(17)15-11-5-4-6-14-12(11)18-2/h4-6,10H,3,7-9H2,1-2H3,(H,15,17)/t10-/m0/s1. The lowest BCUT2D eigenvalue weighted by molar-refractivity contribution is -0.0134. The van der Waals surface area contributed by atoms with Crippen molar-refractivity contribution in [2.45, 2.75) is 19.4 Å². The summed E-state index contributed by atoms with van der Waals surface area (Å²) in [4.78, 5) is 18.0. The third-order valence-electron chi connectivity index (χ3n) is 3.09. The van der Waals surface area contributed by atoms with Crippen LogP contribution in [0.5, 0.6) is 5.88 Å². The van der Waals surface area contributed by atoms with Crippen molar-refractivity contribution in [2.24, 2.45) is 0 Å². The molecular weight excluding hydrogens is 246 g/mol. The number of ether oxygens (including phenoxy) is 2. The van der Waals surface area contributed by atoms with Crippen LogP contribution in [0.25, 0.3) is 0 Å². The first kappa shape index (κ1) is 13.6.